The van der Waals surface area contributed by atoms with Gasteiger partial charge >= 0.3 is 12.0 Å². The lowest BCUT2D eigenvalue weighted by Gasteiger charge is -2.22. The summed E-state index contributed by atoms with van der Waals surface area (Å²) in [6, 6.07) is 6.19. The van der Waals surface area contributed by atoms with Crippen LogP contribution in [-0.2, 0) is 4.79 Å². The third-order valence-corrected chi connectivity index (χ3v) is 3.63. The average Bonchev–Trinajstić information content (AvgIpc) is 2.42. The molecule has 20 heavy (non-hydrogen) atoms. The standard InChI is InChI=1S/C14H20N2O3S/c1-10-6-4-5-7-12(10)16(2)14(19)15-11(13(17)18)8-9-20-3/h4-7,11H,8-9H2,1-3H3,(H,15,19)(H,17,18). The molecule has 1 unspecified atom stereocenters. The van der Waals surface area contributed by atoms with Crippen LogP contribution in [0.3, 0.4) is 0 Å². The number of hydrogen-bond acceptors (Lipinski definition) is 3. The van der Waals surface area contributed by atoms with Crippen LogP contribution in [0.1, 0.15) is 12.0 Å². The second kappa shape index (κ2) is 7.79. The van der Waals surface area contributed by atoms with E-state index in [2.05, 4.69) is 5.32 Å². The van der Waals surface area contributed by atoms with Crippen molar-refractivity contribution in [2.75, 3.05) is 24.0 Å². The average molecular weight is 296 g/mol. The molecule has 2 amide bonds. The molecule has 0 radical (unpaired) electrons. The van der Waals surface area contributed by atoms with Crippen molar-refractivity contribution in [3.8, 4) is 0 Å². The Kier molecular flexibility index (Phi) is 6.38. The zero-order chi connectivity index (χ0) is 15.1. The summed E-state index contributed by atoms with van der Waals surface area (Å²) >= 11 is 1.55. The Balaban J connectivity index is 2.73. The second-order valence-corrected chi connectivity index (χ2v) is 5.45. The maximum Gasteiger partial charge on any atom is 0.326 e. The molecule has 2 N–H and O–H groups in total. The minimum atomic E-state index is -1.01. The number of nitrogens with zero attached hydrogens (tertiary/aromatic N) is 1. The number of thioether (sulfide) groups is 1. The molecule has 1 aromatic rings. The zero-order valence-corrected chi connectivity index (χ0v) is 12.7. The van der Waals surface area contributed by atoms with E-state index in [-0.39, 0.29) is 0 Å². The number of para-hydroxylation sites is 1. The highest BCUT2D eigenvalue weighted by Gasteiger charge is 2.22. The van der Waals surface area contributed by atoms with Gasteiger partial charge in [-0.25, -0.2) is 9.59 Å². The Labute approximate surface area is 123 Å². The van der Waals surface area contributed by atoms with Gasteiger partial charge in [0.25, 0.3) is 0 Å². The molecule has 5 nitrogen and oxygen atoms in total. The van der Waals surface area contributed by atoms with E-state index in [1.54, 1.807) is 18.8 Å². The molecule has 1 atom stereocenters. The molecule has 0 saturated heterocycles. The summed E-state index contributed by atoms with van der Waals surface area (Å²) in [5, 5.41) is 11.7. The zero-order valence-electron chi connectivity index (χ0n) is 11.9. The first-order valence-corrected chi connectivity index (χ1v) is 7.68. The minimum Gasteiger partial charge on any atom is -0.480 e. The quantitative estimate of drug-likeness (QED) is 0.845. The fourth-order valence-corrected chi connectivity index (χ4v) is 2.26. The first-order chi connectivity index (χ1) is 9.47. The first-order valence-electron chi connectivity index (χ1n) is 6.29. The van der Waals surface area contributed by atoms with Crippen LogP contribution in [-0.4, -0.2) is 42.2 Å². The van der Waals surface area contributed by atoms with Gasteiger partial charge < -0.3 is 10.4 Å². The highest BCUT2D eigenvalue weighted by molar-refractivity contribution is 7.98. The number of rotatable bonds is 6. The number of nitrogens with one attached hydrogen (secondary N) is 1. The van der Waals surface area contributed by atoms with Gasteiger partial charge in [-0.3, -0.25) is 4.90 Å². The van der Waals surface area contributed by atoms with E-state index < -0.39 is 18.0 Å². The maximum atomic E-state index is 12.1. The molecule has 0 spiro atoms. The minimum absolute atomic E-state index is 0.407. The molecule has 0 bridgehead atoms. The fourth-order valence-electron chi connectivity index (χ4n) is 1.79. The van der Waals surface area contributed by atoms with Crippen molar-refractivity contribution in [3.63, 3.8) is 0 Å². The second-order valence-electron chi connectivity index (χ2n) is 4.47. The van der Waals surface area contributed by atoms with Crippen molar-refractivity contribution in [2.24, 2.45) is 0 Å². The molecule has 0 saturated carbocycles. The molecule has 0 aliphatic heterocycles. The fraction of sp³-hybridized carbons (Fsp3) is 0.429. The van der Waals surface area contributed by atoms with E-state index >= 15 is 0 Å². The molecular formula is C14H20N2O3S. The van der Waals surface area contributed by atoms with Gasteiger partial charge in [-0.05, 0) is 37.0 Å². The molecule has 6 heteroatoms. The number of benzene rings is 1. The highest BCUT2D eigenvalue weighted by atomic mass is 32.2. The van der Waals surface area contributed by atoms with Crippen molar-refractivity contribution < 1.29 is 14.7 Å². The third kappa shape index (κ3) is 4.45. The molecule has 0 aromatic heterocycles. The van der Waals surface area contributed by atoms with E-state index in [1.807, 2.05) is 37.4 Å². The topological polar surface area (TPSA) is 69.6 Å². The lowest BCUT2D eigenvalue weighted by Crippen LogP contribution is -2.47. The molecule has 1 rings (SSSR count). The summed E-state index contributed by atoms with van der Waals surface area (Å²) in [6.07, 6.45) is 2.31. The van der Waals surface area contributed by atoms with Crippen LogP contribution in [0.2, 0.25) is 0 Å². The number of carbonyl (C=O) groups excluding carboxylic acids is 1. The Morgan fingerprint density at radius 1 is 1.40 bits per heavy atom. The largest absolute Gasteiger partial charge is 0.480 e. The normalized spacial score (nSPS) is 11.8. The molecule has 0 heterocycles. The Morgan fingerprint density at radius 3 is 2.60 bits per heavy atom. The third-order valence-electron chi connectivity index (χ3n) is 2.99. The molecule has 1 aromatic carbocycles. The van der Waals surface area contributed by atoms with Gasteiger partial charge in [0.1, 0.15) is 6.04 Å². The summed E-state index contributed by atoms with van der Waals surface area (Å²) in [7, 11) is 1.63. The van der Waals surface area contributed by atoms with E-state index in [0.717, 1.165) is 11.3 Å². The van der Waals surface area contributed by atoms with Gasteiger partial charge in [0, 0.05) is 12.7 Å². The smallest absolute Gasteiger partial charge is 0.326 e. The van der Waals surface area contributed by atoms with E-state index in [1.165, 1.54) is 4.90 Å². The maximum absolute atomic E-state index is 12.1. The number of anilines is 1. The van der Waals surface area contributed by atoms with Crippen molar-refractivity contribution in [3.05, 3.63) is 29.8 Å². The van der Waals surface area contributed by atoms with Crippen molar-refractivity contribution >= 4 is 29.4 Å². The highest BCUT2D eigenvalue weighted by Crippen LogP contribution is 2.17. The van der Waals surface area contributed by atoms with Crippen molar-refractivity contribution in [2.45, 2.75) is 19.4 Å². The van der Waals surface area contributed by atoms with Crippen LogP contribution in [0.15, 0.2) is 24.3 Å². The van der Waals surface area contributed by atoms with Gasteiger partial charge in [0.05, 0.1) is 0 Å². The Morgan fingerprint density at radius 2 is 2.05 bits per heavy atom. The molecular weight excluding hydrogens is 276 g/mol. The number of urea groups is 1. The number of carboxylic acids is 1. The van der Waals surface area contributed by atoms with E-state index in [4.69, 9.17) is 5.11 Å². The molecule has 110 valence electrons. The number of carboxylic acid groups (broad SMARTS) is 1. The number of amides is 2. The summed E-state index contributed by atoms with van der Waals surface area (Å²) in [5.74, 6) is -0.323. The van der Waals surface area contributed by atoms with Crippen molar-refractivity contribution in [1.82, 2.24) is 5.32 Å². The number of hydrogen-bond donors (Lipinski definition) is 2. The van der Waals surface area contributed by atoms with Crippen molar-refractivity contribution in [1.29, 1.82) is 0 Å². The Hall–Kier alpha value is -1.69. The Bertz CT molecular complexity index is 479. The molecule has 0 aliphatic carbocycles. The SMILES string of the molecule is CSCCC(NC(=O)N(C)c1ccccc1C)C(=O)O. The lowest BCUT2D eigenvalue weighted by atomic mass is 10.2. The first kappa shape index (κ1) is 16.4. The van der Waals surface area contributed by atoms with Gasteiger partial charge in [-0.15, -0.1) is 0 Å². The van der Waals surface area contributed by atoms with Crippen LogP contribution in [0, 0.1) is 6.92 Å². The summed E-state index contributed by atoms with van der Waals surface area (Å²) in [4.78, 5) is 24.7. The van der Waals surface area contributed by atoms with E-state index in [0.29, 0.717) is 12.2 Å². The van der Waals surface area contributed by atoms with E-state index in [9.17, 15) is 9.59 Å². The van der Waals surface area contributed by atoms with Gasteiger partial charge in [0.15, 0.2) is 0 Å². The number of aliphatic carboxylic acids is 1. The number of aryl methyl sites for hydroxylation is 1. The van der Waals surface area contributed by atoms with Gasteiger partial charge in [0.2, 0.25) is 0 Å². The summed E-state index contributed by atoms with van der Waals surface area (Å²) < 4.78 is 0. The van der Waals surface area contributed by atoms with Crippen LogP contribution < -0.4 is 10.2 Å². The predicted octanol–water partition coefficient (Wildman–Crippen LogP) is 2.35. The monoisotopic (exact) mass is 296 g/mol. The van der Waals surface area contributed by atoms with Gasteiger partial charge in [-0.1, -0.05) is 18.2 Å². The van der Waals surface area contributed by atoms with Crippen LogP contribution in [0.5, 0.6) is 0 Å². The number of carbonyl (C=O) groups is 2. The summed E-state index contributed by atoms with van der Waals surface area (Å²) in [5.41, 5.74) is 1.72. The van der Waals surface area contributed by atoms with Crippen LogP contribution >= 0.6 is 11.8 Å². The van der Waals surface area contributed by atoms with Crippen LogP contribution in [0.4, 0.5) is 10.5 Å². The molecule has 0 fully saturated rings. The van der Waals surface area contributed by atoms with Gasteiger partial charge in [-0.2, -0.15) is 11.8 Å². The summed E-state index contributed by atoms with van der Waals surface area (Å²) in [6.45, 7) is 1.90. The van der Waals surface area contributed by atoms with Crippen LogP contribution in [0.25, 0.3) is 0 Å². The predicted molar refractivity (Wildman–Crippen MR) is 82.5 cm³/mol. The lowest BCUT2D eigenvalue weighted by molar-refractivity contribution is -0.139. The molecule has 0 aliphatic rings.